The molecule has 2 aromatic heterocycles. The van der Waals surface area contributed by atoms with Gasteiger partial charge in [-0.15, -0.1) is 0 Å². The van der Waals surface area contributed by atoms with E-state index < -0.39 is 5.60 Å². The number of nitrogens with two attached hydrogens (primary N) is 1. The molecular formula is C24H25N3O. The van der Waals surface area contributed by atoms with Crippen LogP contribution in [0.2, 0.25) is 0 Å². The molecule has 2 aromatic carbocycles. The molecule has 142 valence electrons. The van der Waals surface area contributed by atoms with Crippen LogP contribution in [0.5, 0.6) is 0 Å². The normalized spacial score (nSPS) is 12.0. The van der Waals surface area contributed by atoms with Crippen LogP contribution in [0.1, 0.15) is 36.1 Å². The monoisotopic (exact) mass is 371 g/mol. The number of fused-ring (bicyclic) bond motifs is 3. The van der Waals surface area contributed by atoms with Crippen LogP contribution in [0.25, 0.3) is 21.8 Å². The van der Waals surface area contributed by atoms with Gasteiger partial charge in [0.1, 0.15) is 5.52 Å². The van der Waals surface area contributed by atoms with E-state index in [0.717, 1.165) is 45.8 Å². The summed E-state index contributed by atoms with van der Waals surface area (Å²) in [6, 6.07) is 16.6. The maximum atomic E-state index is 10.1. The number of anilines is 1. The average Bonchev–Trinajstić information content (AvgIpc) is 2.65. The summed E-state index contributed by atoms with van der Waals surface area (Å²) in [5.41, 5.74) is 11.5. The van der Waals surface area contributed by atoms with E-state index >= 15 is 0 Å². The summed E-state index contributed by atoms with van der Waals surface area (Å²) in [4.78, 5) is 9.10. The van der Waals surface area contributed by atoms with Crippen LogP contribution in [-0.2, 0) is 18.4 Å². The number of hydrogen-bond donors (Lipinski definition) is 2. The van der Waals surface area contributed by atoms with E-state index in [9.17, 15) is 5.11 Å². The molecular weight excluding hydrogens is 346 g/mol. The molecule has 0 unspecified atom stereocenters. The Hall–Kier alpha value is -2.98. The molecule has 2 heterocycles. The standard InChI is InChI=1S/C24H25N3O/c1-15-4-11-19-20-13-17(14-26-22(20)23(25)27-21(19)12-15)6-5-16-7-9-18(10-8-16)24(2,3)28/h4,7-14,28H,5-6H2,1-3H3,(H2,25,27). The van der Waals surface area contributed by atoms with Crippen LogP contribution in [0, 0.1) is 6.92 Å². The number of aliphatic hydroxyl groups is 1. The van der Waals surface area contributed by atoms with Crippen molar-refractivity contribution in [1.82, 2.24) is 9.97 Å². The SMILES string of the molecule is Cc1ccc2c(c1)nc(N)c1ncc(CCc3ccc(C(C)(C)O)cc3)cc12. The zero-order valence-corrected chi connectivity index (χ0v) is 16.5. The summed E-state index contributed by atoms with van der Waals surface area (Å²) in [5, 5.41) is 12.2. The topological polar surface area (TPSA) is 72.0 Å². The Bertz CT molecular complexity index is 1160. The highest BCUT2D eigenvalue weighted by Crippen LogP contribution is 2.28. The minimum atomic E-state index is -0.811. The van der Waals surface area contributed by atoms with Crippen LogP contribution in [0.4, 0.5) is 5.82 Å². The van der Waals surface area contributed by atoms with Gasteiger partial charge in [0.05, 0.1) is 11.1 Å². The molecule has 4 aromatic rings. The number of benzene rings is 2. The third kappa shape index (κ3) is 3.56. The molecule has 4 heteroatoms. The van der Waals surface area contributed by atoms with Gasteiger partial charge < -0.3 is 10.8 Å². The van der Waals surface area contributed by atoms with Crippen LogP contribution >= 0.6 is 0 Å². The molecule has 0 aliphatic heterocycles. The Morgan fingerprint density at radius 3 is 2.36 bits per heavy atom. The zero-order valence-electron chi connectivity index (χ0n) is 16.5. The van der Waals surface area contributed by atoms with Crippen LogP contribution in [-0.4, -0.2) is 15.1 Å². The Morgan fingerprint density at radius 2 is 1.64 bits per heavy atom. The first kappa shape index (κ1) is 18.4. The molecule has 3 N–H and O–H groups in total. The highest BCUT2D eigenvalue weighted by atomic mass is 16.3. The Kier molecular flexibility index (Phi) is 4.52. The van der Waals surface area contributed by atoms with Gasteiger partial charge in [0.2, 0.25) is 0 Å². The van der Waals surface area contributed by atoms with Gasteiger partial charge in [-0.25, -0.2) is 4.98 Å². The lowest BCUT2D eigenvalue weighted by Crippen LogP contribution is -2.15. The first-order valence-electron chi connectivity index (χ1n) is 9.57. The lowest BCUT2D eigenvalue weighted by molar-refractivity contribution is 0.0786. The average molecular weight is 371 g/mol. The molecule has 0 amide bonds. The molecule has 0 radical (unpaired) electrons. The molecule has 0 fully saturated rings. The molecule has 0 saturated heterocycles. The molecule has 0 saturated carbocycles. The fraction of sp³-hybridized carbons (Fsp3) is 0.250. The largest absolute Gasteiger partial charge is 0.386 e. The molecule has 0 aliphatic rings. The second-order valence-corrected chi connectivity index (χ2v) is 8.01. The van der Waals surface area contributed by atoms with Crippen molar-refractivity contribution in [3.8, 4) is 0 Å². The minimum Gasteiger partial charge on any atom is -0.386 e. The van der Waals surface area contributed by atoms with Gasteiger partial charge in [-0.05, 0) is 68.0 Å². The lowest BCUT2D eigenvalue weighted by Gasteiger charge is -2.17. The molecule has 4 nitrogen and oxygen atoms in total. The summed E-state index contributed by atoms with van der Waals surface area (Å²) in [6.45, 7) is 5.66. The van der Waals surface area contributed by atoms with Crippen LogP contribution < -0.4 is 5.73 Å². The van der Waals surface area contributed by atoms with Crippen LogP contribution in [0.3, 0.4) is 0 Å². The Morgan fingerprint density at radius 1 is 0.929 bits per heavy atom. The minimum absolute atomic E-state index is 0.474. The molecule has 0 atom stereocenters. The highest BCUT2D eigenvalue weighted by Gasteiger charge is 2.15. The predicted molar refractivity (Wildman–Crippen MR) is 115 cm³/mol. The van der Waals surface area contributed by atoms with Gasteiger partial charge in [-0.3, -0.25) is 4.98 Å². The van der Waals surface area contributed by atoms with Crippen molar-refractivity contribution in [3.05, 3.63) is 77.0 Å². The van der Waals surface area contributed by atoms with Crippen molar-refractivity contribution in [1.29, 1.82) is 0 Å². The van der Waals surface area contributed by atoms with E-state index in [1.54, 1.807) is 13.8 Å². The number of rotatable bonds is 4. The van der Waals surface area contributed by atoms with Crippen molar-refractivity contribution in [2.45, 2.75) is 39.2 Å². The zero-order chi connectivity index (χ0) is 19.9. The maximum absolute atomic E-state index is 10.1. The summed E-state index contributed by atoms with van der Waals surface area (Å²) < 4.78 is 0. The fourth-order valence-electron chi connectivity index (χ4n) is 3.57. The predicted octanol–water partition coefficient (Wildman–Crippen LogP) is 4.69. The van der Waals surface area contributed by atoms with E-state index in [0.29, 0.717) is 5.82 Å². The maximum Gasteiger partial charge on any atom is 0.150 e. The van der Waals surface area contributed by atoms with Crippen molar-refractivity contribution < 1.29 is 5.11 Å². The number of aromatic nitrogens is 2. The van der Waals surface area contributed by atoms with Crippen molar-refractivity contribution in [2.75, 3.05) is 5.73 Å². The van der Waals surface area contributed by atoms with Crippen molar-refractivity contribution >= 4 is 27.6 Å². The second-order valence-electron chi connectivity index (χ2n) is 8.01. The van der Waals surface area contributed by atoms with E-state index in [1.807, 2.05) is 18.3 Å². The summed E-state index contributed by atoms with van der Waals surface area (Å²) in [5.74, 6) is 0.474. The summed E-state index contributed by atoms with van der Waals surface area (Å²) in [6.07, 6.45) is 3.70. The van der Waals surface area contributed by atoms with Gasteiger partial charge in [-0.1, -0.05) is 36.4 Å². The Labute approximate surface area is 165 Å². The van der Waals surface area contributed by atoms with Gasteiger partial charge >= 0.3 is 0 Å². The molecule has 0 bridgehead atoms. The molecule has 0 spiro atoms. The van der Waals surface area contributed by atoms with Crippen LogP contribution in [0.15, 0.2) is 54.7 Å². The fourth-order valence-corrected chi connectivity index (χ4v) is 3.57. The molecule has 4 rings (SSSR count). The van der Waals surface area contributed by atoms with E-state index in [2.05, 4.69) is 53.3 Å². The summed E-state index contributed by atoms with van der Waals surface area (Å²) >= 11 is 0. The van der Waals surface area contributed by atoms with Crippen molar-refractivity contribution in [2.24, 2.45) is 0 Å². The van der Waals surface area contributed by atoms with E-state index in [4.69, 9.17) is 5.73 Å². The third-order valence-corrected chi connectivity index (χ3v) is 5.23. The van der Waals surface area contributed by atoms with Crippen molar-refractivity contribution in [3.63, 3.8) is 0 Å². The number of pyridine rings is 2. The van der Waals surface area contributed by atoms with E-state index in [-0.39, 0.29) is 0 Å². The van der Waals surface area contributed by atoms with Gasteiger partial charge in [0.15, 0.2) is 5.82 Å². The third-order valence-electron chi connectivity index (χ3n) is 5.23. The molecule has 28 heavy (non-hydrogen) atoms. The number of aryl methyl sites for hydroxylation is 3. The second kappa shape index (κ2) is 6.88. The highest BCUT2D eigenvalue weighted by molar-refractivity contribution is 6.08. The van der Waals surface area contributed by atoms with E-state index in [1.165, 1.54) is 11.1 Å². The smallest absolute Gasteiger partial charge is 0.150 e. The number of nitrogens with zero attached hydrogens (tertiary/aromatic N) is 2. The number of nitrogen functional groups attached to an aromatic ring is 1. The Balaban J connectivity index is 1.63. The van der Waals surface area contributed by atoms with Gasteiger partial charge in [-0.2, -0.15) is 0 Å². The first-order valence-corrected chi connectivity index (χ1v) is 9.57. The van der Waals surface area contributed by atoms with Gasteiger partial charge in [0, 0.05) is 17.0 Å². The van der Waals surface area contributed by atoms with Gasteiger partial charge in [0.25, 0.3) is 0 Å². The quantitative estimate of drug-likeness (QED) is 0.511. The lowest BCUT2D eigenvalue weighted by atomic mass is 9.96. The molecule has 0 aliphatic carbocycles. The number of hydrogen-bond acceptors (Lipinski definition) is 4. The first-order chi connectivity index (χ1) is 13.3. The summed E-state index contributed by atoms with van der Waals surface area (Å²) in [7, 11) is 0.